The van der Waals surface area contributed by atoms with Crippen LogP contribution in [-0.4, -0.2) is 7.05 Å². The van der Waals surface area contributed by atoms with Gasteiger partial charge in [0, 0.05) is 12.6 Å². The van der Waals surface area contributed by atoms with E-state index in [9.17, 15) is 0 Å². The number of nitrogens with zero attached hydrogens (tertiary/aromatic N) is 1. The summed E-state index contributed by atoms with van der Waals surface area (Å²) in [6.45, 7) is 10.7. The Hall–Kier alpha value is -2.28. The van der Waals surface area contributed by atoms with Crippen molar-refractivity contribution in [1.29, 1.82) is 0 Å². The highest BCUT2D eigenvalue weighted by Gasteiger charge is 2.20. The molecule has 1 atom stereocenters. The van der Waals surface area contributed by atoms with Gasteiger partial charge in [0.2, 0.25) is 0 Å². The van der Waals surface area contributed by atoms with Crippen molar-refractivity contribution in [2.75, 3.05) is 11.9 Å². The lowest BCUT2D eigenvalue weighted by molar-refractivity contribution is 0.607. The molecule has 132 valence electrons. The molecular weight excluding hydrogens is 302 g/mol. The van der Waals surface area contributed by atoms with Crippen LogP contribution in [-0.2, 0) is 0 Å². The molecule has 0 amide bonds. The minimum atomic E-state index is 0.530. The Kier molecular flexibility index (Phi) is 7.06. The van der Waals surface area contributed by atoms with Crippen LogP contribution < -0.4 is 4.90 Å². The highest BCUT2D eigenvalue weighted by molar-refractivity contribution is 5.82. The van der Waals surface area contributed by atoms with Crippen molar-refractivity contribution in [3.05, 3.63) is 78.5 Å². The number of hydrogen-bond acceptors (Lipinski definition) is 1. The van der Waals surface area contributed by atoms with Crippen LogP contribution in [0, 0.1) is 0 Å². The van der Waals surface area contributed by atoms with Crippen LogP contribution in [0.25, 0.3) is 11.1 Å². The van der Waals surface area contributed by atoms with Gasteiger partial charge in [0.05, 0.1) is 5.69 Å². The van der Waals surface area contributed by atoms with Gasteiger partial charge in [0.1, 0.15) is 0 Å². The molecule has 0 aliphatic heterocycles. The van der Waals surface area contributed by atoms with E-state index >= 15 is 0 Å². The molecule has 1 heteroatoms. The summed E-state index contributed by atoms with van der Waals surface area (Å²) in [6, 6.07) is 17.4. The van der Waals surface area contributed by atoms with Gasteiger partial charge in [0.15, 0.2) is 0 Å². The lowest BCUT2D eigenvalue weighted by Gasteiger charge is -2.27. The lowest BCUT2D eigenvalue weighted by Crippen LogP contribution is -2.14. The third-order valence-electron chi connectivity index (χ3n) is 4.92. The molecule has 0 N–H and O–H groups in total. The van der Waals surface area contributed by atoms with E-state index in [-0.39, 0.29) is 0 Å². The van der Waals surface area contributed by atoms with E-state index in [0.717, 1.165) is 6.42 Å². The zero-order valence-corrected chi connectivity index (χ0v) is 16.1. The molecular formula is C24H31N. The number of anilines is 1. The van der Waals surface area contributed by atoms with Gasteiger partial charge in [-0.3, -0.25) is 0 Å². The van der Waals surface area contributed by atoms with Crippen LogP contribution >= 0.6 is 0 Å². The van der Waals surface area contributed by atoms with E-state index < -0.39 is 0 Å². The summed E-state index contributed by atoms with van der Waals surface area (Å²) < 4.78 is 0. The molecule has 0 aliphatic rings. The summed E-state index contributed by atoms with van der Waals surface area (Å²) in [6.07, 6.45) is 7.65. The lowest BCUT2D eigenvalue weighted by atomic mass is 9.85. The van der Waals surface area contributed by atoms with Gasteiger partial charge in [-0.2, -0.15) is 0 Å². The van der Waals surface area contributed by atoms with Crippen molar-refractivity contribution < 1.29 is 0 Å². The van der Waals surface area contributed by atoms with Gasteiger partial charge in [-0.15, -0.1) is 0 Å². The van der Waals surface area contributed by atoms with Crippen LogP contribution in [0.3, 0.4) is 0 Å². The smallest absolute Gasteiger partial charge is 0.0518 e. The molecule has 0 bridgehead atoms. The monoisotopic (exact) mass is 333 g/mol. The predicted molar refractivity (Wildman–Crippen MR) is 112 cm³/mol. The number of allylic oxidation sites excluding steroid dienone is 2. The number of para-hydroxylation sites is 1. The predicted octanol–water partition coefficient (Wildman–Crippen LogP) is 7.17. The van der Waals surface area contributed by atoms with Gasteiger partial charge in [-0.1, -0.05) is 80.1 Å². The molecule has 0 aromatic heterocycles. The average molecular weight is 334 g/mol. The van der Waals surface area contributed by atoms with E-state index in [0.29, 0.717) is 5.92 Å². The molecule has 0 aliphatic carbocycles. The molecule has 0 fully saturated rings. The van der Waals surface area contributed by atoms with E-state index in [2.05, 4.69) is 93.9 Å². The van der Waals surface area contributed by atoms with Crippen molar-refractivity contribution in [2.45, 2.75) is 46.0 Å². The van der Waals surface area contributed by atoms with Crippen LogP contribution in [0.1, 0.15) is 51.5 Å². The summed E-state index contributed by atoms with van der Waals surface area (Å²) >= 11 is 0. The topological polar surface area (TPSA) is 3.24 Å². The molecule has 1 unspecified atom stereocenters. The Morgan fingerprint density at radius 3 is 2.44 bits per heavy atom. The maximum atomic E-state index is 4.01. The Balaban J connectivity index is 2.61. The SMILES string of the molecule is C=CN(C)c1c(-c2ccccc2)cccc1C(CCC)CC(C)=CC. The minimum Gasteiger partial charge on any atom is -0.351 e. The summed E-state index contributed by atoms with van der Waals surface area (Å²) in [5.41, 5.74) is 6.69. The fourth-order valence-corrected chi connectivity index (χ4v) is 3.45. The molecule has 2 rings (SSSR count). The second kappa shape index (κ2) is 9.27. The number of rotatable bonds is 8. The second-order valence-electron chi connectivity index (χ2n) is 6.73. The second-order valence-corrected chi connectivity index (χ2v) is 6.73. The van der Waals surface area contributed by atoms with Crippen molar-refractivity contribution in [3.8, 4) is 11.1 Å². The first-order chi connectivity index (χ1) is 12.1. The first-order valence-corrected chi connectivity index (χ1v) is 9.27. The van der Waals surface area contributed by atoms with Gasteiger partial charge in [-0.25, -0.2) is 0 Å². The van der Waals surface area contributed by atoms with Gasteiger partial charge >= 0.3 is 0 Å². The van der Waals surface area contributed by atoms with Gasteiger partial charge < -0.3 is 4.90 Å². The van der Waals surface area contributed by atoms with Crippen molar-refractivity contribution in [3.63, 3.8) is 0 Å². The van der Waals surface area contributed by atoms with Crippen molar-refractivity contribution in [2.24, 2.45) is 0 Å². The zero-order chi connectivity index (χ0) is 18.2. The average Bonchev–Trinajstić information content (AvgIpc) is 2.67. The van der Waals surface area contributed by atoms with E-state index in [4.69, 9.17) is 0 Å². The van der Waals surface area contributed by atoms with E-state index in [1.54, 1.807) is 0 Å². The Bertz CT molecular complexity index is 712. The molecule has 0 radical (unpaired) electrons. The van der Waals surface area contributed by atoms with Crippen LogP contribution in [0.2, 0.25) is 0 Å². The molecule has 2 aromatic carbocycles. The van der Waals surface area contributed by atoms with Crippen LogP contribution in [0.15, 0.2) is 73.0 Å². The molecule has 2 aromatic rings. The van der Waals surface area contributed by atoms with Crippen LogP contribution in [0.5, 0.6) is 0 Å². The standard InChI is InChI=1S/C24H31N/c1-6-13-21(18-19(4)7-2)23-17-12-16-22(24(23)25(5)8-3)20-14-10-9-11-15-20/h7-12,14-17,21H,3,6,13,18H2,1-2,4-5H3. The minimum absolute atomic E-state index is 0.530. The van der Waals surface area contributed by atoms with E-state index in [1.165, 1.54) is 40.8 Å². The van der Waals surface area contributed by atoms with Crippen molar-refractivity contribution >= 4 is 5.69 Å². The summed E-state index contributed by atoms with van der Waals surface area (Å²) in [5.74, 6) is 0.530. The highest BCUT2D eigenvalue weighted by atomic mass is 15.1. The van der Waals surface area contributed by atoms with Gasteiger partial charge in [-0.05, 0) is 49.9 Å². The largest absolute Gasteiger partial charge is 0.351 e. The van der Waals surface area contributed by atoms with E-state index in [1.807, 2.05) is 6.20 Å². The maximum absolute atomic E-state index is 4.01. The normalized spacial score (nSPS) is 12.7. The fourth-order valence-electron chi connectivity index (χ4n) is 3.45. The quantitative estimate of drug-likeness (QED) is 0.463. The molecule has 0 saturated carbocycles. The highest BCUT2D eigenvalue weighted by Crippen LogP contribution is 2.40. The molecule has 0 spiro atoms. The Labute approximate surface area is 153 Å². The Morgan fingerprint density at radius 2 is 1.84 bits per heavy atom. The molecule has 25 heavy (non-hydrogen) atoms. The van der Waals surface area contributed by atoms with Crippen molar-refractivity contribution in [1.82, 2.24) is 0 Å². The molecule has 1 nitrogen and oxygen atoms in total. The fraction of sp³-hybridized carbons (Fsp3) is 0.333. The number of hydrogen-bond donors (Lipinski definition) is 0. The first-order valence-electron chi connectivity index (χ1n) is 9.27. The molecule has 0 saturated heterocycles. The summed E-state index contributed by atoms with van der Waals surface area (Å²) in [4.78, 5) is 2.17. The summed E-state index contributed by atoms with van der Waals surface area (Å²) in [7, 11) is 2.10. The number of benzene rings is 2. The molecule has 0 heterocycles. The third-order valence-corrected chi connectivity index (χ3v) is 4.92. The summed E-state index contributed by atoms with van der Waals surface area (Å²) in [5, 5.41) is 0. The maximum Gasteiger partial charge on any atom is 0.0518 e. The third kappa shape index (κ3) is 4.63. The van der Waals surface area contributed by atoms with Gasteiger partial charge in [0.25, 0.3) is 0 Å². The zero-order valence-electron chi connectivity index (χ0n) is 16.1. The Morgan fingerprint density at radius 1 is 1.12 bits per heavy atom. The van der Waals surface area contributed by atoms with Crippen LogP contribution in [0.4, 0.5) is 5.69 Å². The first kappa shape index (κ1) is 19.1.